The van der Waals surface area contributed by atoms with Gasteiger partial charge in [0.05, 0.1) is 24.1 Å². The van der Waals surface area contributed by atoms with E-state index in [1.807, 2.05) is 4.90 Å². The normalized spacial score (nSPS) is 24.2. The quantitative estimate of drug-likeness (QED) is 0.800. The van der Waals surface area contributed by atoms with Gasteiger partial charge in [0.15, 0.2) is 11.5 Å². The molecule has 0 spiro atoms. The van der Waals surface area contributed by atoms with Gasteiger partial charge in [0.2, 0.25) is 5.91 Å². The molecule has 4 rings (SSSR count). The van der Waals surface area contributed by atoms with Gasteiger partial charge in [0.1, 0.15) is 13.2 Å². The monoisotopic (exact) mass is 360 g/mol. The number of carbonyl (C=O) groups is 3. The molecule has 3 aliphatic rings. The van der Waals surface area contributed by atoms with E-state index in [9.17, 15) is 14.4 Å². The van der Waals surface area contributed by atoms with Crippen molar-refractivity contribution in [2.24, 2.45) is 5.92 Å². The number of carbonyl (C=O) groups excluding carboxylic acids is 2. The lowest BCUT2D eigenvalue weighted by Gasteiger charge is -2.33. The maximum Gasteiger partial charge on any atom is 0.306 e. The summed E-state index contributed by atoms with van der Waals surface area (Å²) in [6, 6.07) is 4.52. The lowest BCUT2D eigenvalue weighted by Crippen LogP contribution is -2.46. The highest BCUT2D eigenvalue weighted by molar-refractivity contribution is 6.22. The van der Waals surface area contributed by atoms with Crippen LogP contribution in [0.2, 0.25) is 0 Å². The van der Waals surface area contributed by atoms with Crippen LogP contribution in [0.4, 0.5) is 5.69 Å². The minimum absolute atomic E-state index is 0.116. The number of hydrogen-bond acceptors (Lipinski definition) is 6. The van der Waals surface area contributed by atoms with Crippen LogP contribution in [0.5, 0.6) is 11.5 Å². The number of benzene rings is 1. The first kappa shape index (κ1) is 16.8. The number of nitrogens with zero attached hydrogens (tertiary/aromatic N) is 2. The summed E-state index contributed by atoms with van der Waals surface area (Å²) in [6.07, 6.45) is 1.11. The lowest BCUT2D eigenvalue weighted by atomic mass is 9.96. The van der Waals surface area contributed by atoms with Crippen LogP contribution in [0.15, 0.2) is 18.2 Å². The zero-order valence-corrected chi connectivity index (χ0v) is 14.2. The van der Waals surface area contributed by atoms with Crippen molar-refractivity contribution in [3.8, 4) is 11.5 Å². The Morgan fingerprint density at radius 3 is 2.46 bits per heavy atom. The van der Waals surface area contributed by atoms with E-state index in [1.54, 1.807) is 18.2 Å². The van der Waals surface area contributed by atoms with E-state index < -0.39 is 12.0 Å². The topological polar surface area (TPSA) is 96.4 Å². The molecule has 0 aliphatic carbocycles. The molecule has 3 heterocycles. The van der Waals surface area contributed by atoms with E-state index in [1.165, 1.54) is 4.90 Å². The minimum atomic E-state index is -0.795. The summed E-state index contributed by atoms with van der Waals surface area (Å²) in [5, 5.41) is 9.10. The highest BCUT2D eigenvalue weighted by atomic mass is 16.6. The van der Waals surface area contributed by atoms with E-state index >= 15 is 0 Å². The molecule has 138 valence electrons. The molecule has 2 amide bonds. The molecular weight excluding hydrogens is 340 g/mol. The molecule has 8 heteroatoms. The van der Waals surface area contributed by atoms with Gasteiger partial charge in [0, 0.05) is 6.07 Å². The third-order valence-electron chi connectivity index (χ3n) is 5.23. The number of rotatable bonds is 3. The van der Waals surface area contributed by atoms with E-state index in [2.05, 4.69) is 0 Å². The number of piperidine rings is 1. The third-order valence-corrected chi connectivity index (χ3v) is 5.23. The summed E-state index contributed by atoms with van der Waals surface area (Å²) in [5.74, 6) is -0.548. The summed E-state index contributed by atoms with van der Waals surface area (Å²) < 4.78 is 11.0. The van der Waals surface area contributed by atoms with Crippen molar-refractivity contribution in [1.82, 2.24) is 4.90 Å². The Morgan fingerprint density at radius 1 is 1.08 bits per heavy atom. The number of aliphatic carboxylic acids is 1. The van der Waals surface area contributed by atoms with E-state index in [0.717, 1.165) is 0 Å². The zero-order chi connectivity index (χ0) is 18.3. The van der Waals surface area contributed by atoms with Gasteiger partial charge in [-0.05, 0) is 38.1 Å². The Bertz CT molecular complexity index is 756. The van der Waals surface area contributed by atoms with E-state index in [0.29, 0.717) is 56.3 Å². The molecule has 0 unspecified atom stereocenters. The standard InChI is InChI=1S/C18H20N2O6/c21-16-10-13(19-5-3-11(4-6-19)18(23)24)17(22)20(16)12-1-2-14-15(9-12)26-8-7-25-14/h1-2,9,11,13H,3-8,10H2,(H,23,24)/t13-/m0/s1. The van der Waals surface area contributed by atoms with Crippen molar-refractivity contribution in [2.75, 3.05) is 31.2 Å². The van der Waals surface area contributed by atoms with Crippen LogP contribution in [0, 0.1) is 5.92 Å². The molecule has 2 saturated heterocycles. The molecule has 3 aliphatic heterocycles. The highest BCUT2D eigenvalue weighted by Crippen LogP contribution is 2.36. The molecule has 2 fully saturated rings. The van der Waals surface area contributed by atoms with E-state index in [4.69, 9.17) is 14.6 Å². The van der Waals surface area contributed by atoms with Crippen molar-refractivity contribution in [2.45, 2.75) is 25.3 Å². The number of likely N-dealkylation sites (tertiary alicyclic amines) is 1. The third kappa shape index (κ3) is 2.90. The fraction of sp³-hybridized carbons (Fsp3) is 0.500. The molecule has 1 aromatic carbocycles. The van der Waals surface area contributed by atoms with E-state index in [-0.39, 0.29) is 24.2 Å². The molecular formula is C18H20N2O6. The molecule has 1 N–H and O–H groups in total. The van der Waals surface area contributed by atoms with Gasteiger partial charge < -0.3 is 14.6 Å². The van der Waals surface area contributed by atoms with Gasteiger partial charge in [-0.1, -0.05) is 0 Å². The molecule has 0 radical (unpaired) electrons. The number of carboxylic acids is 1. The second-order valence-electron chi connectivity index (χ2n) is 6.76. The Labute approximate surface area is 150 Å². The highest BCUT2D eigenvalue weighted by Gasteiger charge is 2.44. The number of hydrogen-bond donors (Lipinski definition) is 1. The average Bonchev–Trinajstić information content (AvgIpc) is 2.95. The summed E-state index contributed by atoms with van der Waals surface area (Å²) in [5.41, 5.74) is 0.479. The van der Waals surface area contributed by atoms with Crippen molar-refractivity contribution < 1.29 is 29.0 Å². The number of fused-ring (bicyclic) bond motifs is 1. The fourth-order valence-electron chi connectivity index (χ4n) is 3.80. The number of anilines is 1. The van der Waals surface area contributed by atoms with Crippen LogP contribution in [0.25, 0.3) is 0 Å². The minimum Gasteiger partial charge on any atom is -0.486 e. The largest absolute Gasteiger partial charge is 0.486 e. The van der Waals surface area contributed by atoms with Crippen molar-refractivity contribution in [3.05, 3.63) is 18.2 Å². The number of imide groups is 1. The van der Waals surface area contributed by atoms with Gasteiger partial charge in [0.25, 0.3) is 5.91 Å². The molecule has 1 atom stereocenters. The second-order valence-corrected chi connectivity index (χ2v) is 6.76. The molecule has 1 aromatic rings. The Balaban J connectivity index is 1.50. The first-order chi connectivity index (χ1) is 12.5. The Kier molecular flexibility index (Phi) is 4.28. The van der Waals surface area contributed by atoms with Crippen LogP contribution in [0.1, 0.15) is 19.3 Å². The number of carboxylic acid groups (broad SMARTS) is 1. The maximum atomic E-state index is 12.9. The van der Waals surface area contributed by atoms with Gasteiger partial charge in [-0.3, -0.25) is 19.3 Å². The van der Waals surface area contributed by atoms with Crippen LogP contribution >= 0.6 is 0 Å². The predicted molar refractivity (Wildman–Crippen MR) is 90.3 cm³/mol. The number of amides is 2. The second kappa shape index (κ2) is 6.60. The summed E-state index contributed by atoms with van der Waals surface area (Å²) in [7, 11) is 0. The predicted octanol–water partition coefficient (Wildman–Crippen LogP) is 0.886. The van der Waals surface area contributed by atoms with Gasteiger partial charge in [-0.25, -0.2) is 4.90 Å². The van der Waals surface area contributed by atoms with Gasteiger partial charge in [-0.15, -0.1) is 0 Å². The van der Waals surface area contributed by atoms with Crippen LogP contribution in [-0.4, -0.2) is 60.1 Å². The Morgan fingerprint density at radius 2 is 1.77 bits per heavy atom. The Hall–Kier alpha value is -2.61. The van der Waals surface area contributed by atoms with Crippen LogP contribution < -0.4 is 14.4 Å². The van der Waals surface area contributed by atoms with Gasteiger partial charge in [-0.2, -0.15) is 0 Å². The smallest absolute Gasteiger partial charge is 0.306 e. The summed E-state index contributed by atoms with van der Waals surface area (Å²) >= 11 is 0. The molecule has 8 nitrogen and oxygen atoms in total. The van der Waals surface area contributed by atoms with Crippen molar-refractivity contribution in [3.63, 3.8) is 0 Å². The summed E-state index contributed by atoms with van der Waals surface area (Å²) in [4.78, 5) is 39.6. The SMILES string of the molecule is O=C(O)C1CCN([C@H]2CC(=O)N(c3ccc4c(c3)OCCO4)C2=O)CC1. The molecule has 0 aromatic heterocycles. The van der Waals surface area contributed by atoms with Gasteiger partial charge >= 0.3 is 5.97 Å². The molecule has 0 bridgehead atoms. The van der Waals surface area contributed by atoms with Crippen molar-refractivity contribution >= 4 is 23.5 Å². The lowest BCUT2D eigenvalue weighted by molar-refractivity contribution is -0.143. The first-order valence-electron chi connectivity index (χ1n) is 8.78. The van der Waals surface area contributed by atoms with Crippen LogP contribution in [0.3, 0.4) is 0 Å². The number of ether oxygens (including phenoxy) is 2. The fourth-order valence-corrected chi connectivity index (χ4v) is 3.80. The molecule has 26 heavy (non-hydrogen) atoms. The maximum absolute atomic E-state index is 12.9. The summed E-state index contributed by atoms with van der Waals surface area (Å²) in [6.45, 7) is 1.92. The molecule has 0 saturated carbocycles. The zero-order valence-electron chi connectivity index (χ0n) is 14.2. The first-order valence-corrected chi connectivity index (χ1v) is 8.78. The average molecular weight is 360 g/mol. The van der Waals surface area contributed by atoms with Crippen LogP contribution in [-0.2, 0) is 14.4 Å². The van der Waals surface area contributed by atoms with Crippen molar-refractivity contribution in [1.29, 1.82) is 0 Å².